The van der Waals surface area contributed by atoms with Gasteiger partial charge in [0.2, 0.25) is 0 Å². The van der Waals surface area contributed by atoms with Gasteiger partial charge in [-0.1, -0.05) is 57.2 Å². The van der Waals surface area contributed by atoms with E-state index >= 15 is 0 Å². The largest absolute Gasteiger partial charge is 0.361 e. The molecule has 1 nitrogen and oxygen atoms in total. The van der Waals surface area contributed by atoms with Gasteiger partial charge in [-0.15, -0.1) is 0 Å². The van der Waals surface area contributed by atoms with Crippen LogP contribution in [0.3, 0.4) is 0 Å². The Morgan fingerprint density at radius 1 is 0.652 bits per heavy atom. The highest BCUT2D eigenvalue weighted by atomic mass is 15.2. The minimum Gasteiger partial charge on any atom is -0.361 e. The maximum atomic E-state index is 2.60. The van der Waals surface area contributed by atoms with Crippen LogP contribution in [0.4, 0.5) is 5.69 Å². The fourth-order valence-electron chi connectivity index (χ4n) is 3.78. The van der Waals surface area contributed by atoms with Crippen LogP contribution in [-0.2, 0) is 5.41 Å². The Morgan fingerprint density at radius 2 is 1.17 bits per heavy atom. The Kier molecular flexibility index (Phi) is 4.30. The van der Waals surface area contributed by atoms with Gasteiger partial charge < -0.3 is 4.90 Å². The predicted molar refractivity (Wildman–Crippen MR) is 105 cm³/mol. The average Bonchev–Trinajstić information content (AvgIpc) is 2.34. The summed E-state index contributed by atoms with van der Waals surface area (Å²) in [4.78, 5) is 2.60. The molecule has 0 amide bonds. The summed E-state index contributed by atoms with van der Waals surface area (Å²) >= 11 is 0. The average molecular weight is 312 g/mol. The summed E-state index contributed by atoms with van der Waals surface area (Å²) < 4.78 is 0. The first-order valence-corrected chi connectivity index (χ1v) is 8.66. The van der Waals surface area contributed by atoms with Crippen molar-refractivity contribution < 1.29 is 0 Å². The zero-order valence-electron chi connectivity index (χ0n) is 16.4. The summed E-state index contributed by atoms with van der Waals surface area (Å²) in [5.74, 6) is 0. The van der Waals surface area contributed by atoms with E-state index in [9.17, 15) is 0 Å². The Hall–Kier alpha value is -1.50. The highest BCUT2D eigenvalue weighted by molar-refractivity contribution is 5.97. The van der Waals surface area contributed by atoms with Crippen molar-refractivity contribution in [3.63, 3.8) is 0 Å². The first-order valence-electron chi connectivity index (χ1n) is 8.66. The lowest BCUT2D eigenvalue weighted by molar-refractivity contribution is 0.378. The molecule has 0 atom stereocenters. The minimum atomic E-state index is 0.0440. The van der Waals surface area contributed by atoms with Gasteiger partial charge in [0.15, 0.2) is 0 Å². The number of hydrogen-bond acceptors (Lipinski definition) is 1. The second kappa shape index (κ2) is 5.54. The van der Waals surface area contributed by atoms with Crippen molar-refractivity contribution in [3.05, 3.63) is 42.0 Å². The molecule has 1 heteroatoms. The van der Waals surface area contributed by atoms with E-state index in [1.165, 1.54) is 22.0 Å². The second-order valence-corrected chi connectivity index (χ2v) is 9.61. The maximum absolute atomic E-state index is 2.60. The van der Waals surface area contributed by atoms with Gasteiger partial charge in [-0.2, -0.15) is 0 Å². The van der Waals surface area contributed by atoms with Crippen molar-refractivity contribution in [1.82, 2.24) is 0 Å². The van der Waals surface area contributed by atoms with Crippen molar-refractivity contribution in [2.24, 2.45) is 0 Å². The molecule has 0 aliphatic heterocycles. The monoisotopic (exact) mass is 311 g/mol. The molecule has 2 rings (SSSR count). The Morgan fingerprint density at radius 3 is 1.65 bits per heavy atom. The SMILES string of the molecule is CC(C)(C)c1ccc2ccccc2c1N(C(C)(C)C)C(C)(C)C. The fourth-order valence-corrected chi connectivity index (χ4v) is 3.78. The third-order valence-electron chi connectivity index (χ3n) is 4.27. The van der Waals surface area contributed by atoms with Crippen LogP contribution >= 0.6 is 0 Å². The number of rotatable bonds is 1. The van der Waals surface area contributed by atoms with Gasteiger partial charge >= 0.3 is 0 Å². The Labute approximate surface area is 142 Å². The summed E-state index contributed by atoms with van der Waals surface area (Å²) in [5, 5.41) is 2.67. The molecule has 0 unspecified atom stereocenters. The highest BCUT2D eigenvalue weighted by Gasteiger charge is 2.35. The van der Waals surface area contributed by atoms with Gasteiger partial charge in [0.05, 0.1) is 0 Å². The molecule has 0 spiro atoms. The number of fused-ring (bicyclic) bond motifs is 1. The Bertz CT molecular complexity index is 676. The minimum absolute atomic E-state index is 0.0440. The first kappa shape index (κ1) is 17.8. The maximum Gasteiger partial charge on any atom is 0.0492 e. The molecule has 0 saturated carbocycles. The van der Waals surface area contributed by atoms with E-state index in [4.69, 9.17) is 0 Å². The molecular weight excluding hydrogens is 278 g/mol. The van der Waals surface area contributed by atoms with Crippen LogP contribution in [0, 0.1) is 0 Å². The van der Waals surface area contributed by atoms with E-state index in [-0.39, 0.29) is 16.5 Å². The van der Waals surface area contributed by atoms with Crippen LogP contribution in [0.1, 0.15) is 67.9 Å². The van der Waals surface area contributed by atoms with Crippen LogP contribution in [0.25, 0.3) is 10.8 Å². The van der Waals surface area contributed by atoms with E-state index < -0.39 is 0 Å². The van der Waals surface area contributed by atoms with E-state index in [0.29, 0.717) is 0 Å². The lowest BCUT2D eigenvalue weighted by atomic mass is 9.81. The van der Waals surface area contributed by atoms with Crippen molar-refractivity contribution >= 4 is 16.5 Å². The zero-order valence-corrected chi connectivity index (χ0v) is 16.4. The number of nitrogens with zero attached hydrogens (tertiary/aromatic N) is 1. The third kappa shape index (κ3) is 3.54. The van der Waals surface area contributed by atoms with Crippen LogP contribution in [0.2, 0.25) is 0 Å². The van der Waals surface area contributed by atoms with Gasteiger partial charge in [-0.3, -0.25) is 0 Å². The fraction of sp³-hybridized carbons (Fsp3) is 0.545. The van der Waals surface area contributed by atoms with Gasteiger partial charge in [0, 0.05) is 22.2 Å². The van der Waals surface area contributed by atoms with E-state index in [1.54, 1.807) is 0 Å². The quantitative estimate of drug-likeness (QED) is 0.578. The summed E-state index contributed by atoms with van der Waals surface area (Å²) in [6.45, 7) is 20.8. The van der Waals surface area contributed by atoms with Crippen LogP contribution < -0.4 is 4.90 Å². The predicted octanol–water partition coefficient (Wildman–Crippen LogP) is 6.54. The lowest BCUT2D eigenvalue weighted by Crippen LogP contribution is -2.53. The molecule has 0 saturated heterocycles. The van der Waals surface area contributed by atoms with Crippen molar-refractivity contribution in [1.29, 1.82) is 0 Å². The molecular formula is C22H33N. The molecule has 0 aliphatic carbocycles. The van der Waals surface area contributed by atoms with Crippen LogP contribution in [0.5, 0.6) is 0 Å². The molecule has 0 N–H and O–H groups in total. The van der Waals surface area contributed by atoms with Crippen LogP contribution in [0.15, 0.2) is 36.4 Å². The number of hydrogen-bond donors (Lipinski definition) is 0. The smallest absolute Gasteiger partial charge is 0.0492 e. The third-order valence-corrected chi connectivity index (χ3v) is 4.27. The van der Waals surface area contributed by atoms with E-state index in [0.717, 1.165) is 0 Å². The molecule has 126 valence electrons. The van der Waals surface area contributed by atoms with Crippen molar-refractivity contribution in [2.45, 2.75) is 78.8 Å². The molecule has 0 heterocycles. The summed E-state index contributed by atoms with van der Waals surface area (Å²) in [7, 11) is 0. The summed E-state index contributed by atoms with van der Waals surface area (Å²) in [6.07, 6.45) is 0. The topological polar surface area (TPSA) is 3.24 Å². The number of anilines is 1. The molecule has 0 fully saturated rings. The lowest BCUT2D eigenvalue weighted by Gasteiger charge is -2.49. The molecule has 2 aromatic rings. The molecule has 0 aromatic heterocycles. The summed E-state index contributed by atoms with van der Waals surface area (Å²) in [6, 6.07) is 13.4. The molecule has 0 aliphatic rings. The van der Waals surface area contributed by atoms with Gasteiger partial charge in [-0.25, -0.2) is 0 Å². The van der Waals surface area contributed by atoms with Gasteiger partial charge in [0.25, 0.3) is 0 Å². The van der Waals surface area contributed by atoms with E-state index in [1.807, 2.05) is 0 Å². The van der Waals surface area contributed by atoms with Crippen molar-refractivity contribution in [3.8, 4) is 0 Å². The molecule has 0 radical (unpaired) electrons. The van der Waals surface area contributed by atoms with Crippen molar-refractivity contribution in [2.75, 3.05) is 4.90 Å². The normalized spacial score (nSPS) is 13.4. The van der Waals surface area contributed by atoms with E-state index in [2.05, 4.69) is 104 Å². The first-order chi connectivity index (χ1) is 10.3. The molecule has 23 heavy (non-hydrogen) atoms. The highest BCUT2D eigenvalue weighted by Crippen LogP contribution is 2.43. The summed E-state index contributed by atoms with van der Waals surface area (Å²) in [5.41, 5.74) is 3.00. The Balaban J connectivity index is 2.94. The van der Waals surface area contributed by atoms with Gasteiger partial charge in [0.1, 0.15) is 0 Å². The van der Waals surface area contributed by atoms with Gasteiger partial charge in [-0.05, 0) is 57.9 Å². The second-order valence-electron chi connectivity index (χ2n) is 9.61. The zero-order chi connectivity index (χ0) is 17.6. The molecule has 0 bridgehead atoms. The standard InChI is InChI=1S/C22H33N/c1-20(2,3)18-15-14-16-12-10-11-13-17(16)19(18)23(21(4,5)6)22(7,8)9/h10-15H,1-9H3. The van der Waals surface area contributed by atoms with Crippen LogP contribution in [-0.4, -0.2) is 11.1 Å². The molecule has 2 aromatic carbocycles. The number of benzene rings is 2.